The van der Waals surface area contributed by atoms with Crippen LogP contribution < -0.4 is 5.32 Å². The summed E-state index contributed by atoms with van der Waals surface area (Å²) in [6.07, 6.45) is 8.25. The molecule has 1 saturated heterocycles. The number of nitrogens with zero attached hydrogens (tertiary/aromatic N) is 1. The summed E-state index contributed by atoms with van der Waals surface area (Å²) in [4.78, 5) is 38.7. The highest BCUT2D eigenvalue weighted by molar-refractivity contribution is 5.88. The van der Waals surface area contributed by atoms with Crippen LogP contribution in [0.25, 0.3) is 0 Å². The molecule has 144 valence electrons. The molecule has 0 aromatic heterocycles. The van der Waals surface area contributed by atoms with Crippen molar-refractivity contribution in [3.63, 3.8) is 0 Å². The van der Waals surface area contributed by atoms with Crippen molar-refractivity contribution in [3.05, 3.63) is 0 Å². The topological polar surface area (TPSA) is 75.7 Å². The van der Waals surface area contributed by atoms with E-state index < -0.39 is 0 Å². The van der Waals surface area contributed by atoms with E-state index in [9.17, 15) is 14.4 Å². The summed E-state index contributed by atoms with van der Waals surface area (Å²) in [7, 11) is 1.40. The Morgan fingerprint density at radius 2 is 1.54 bits per heavy atom. The Labute approximate surface area is 155 Å². The van der Waals surface area contributed by atoms with Crippen molar-refractivity contribution in [2.75, 3.05) is 26.7 Å². The predicted octanol–water partition coefficient (Wildman–Crippen LogP) is 1.73. The largest absolute Gasteiger partial charge is 0.469 e. The Morgan fingerprint density at radius 1 is 1.00 bits per heavy atom. The normalized spacial score (nSPS) is 36.0. The van der Waals surface area contributed by atoms with E-state index in [1.807, 2.05) is 0 Å². The van der Waals surface area contributed by atoms with Crippen LogP contribution in [0.3, 0.4) is 0 Å². The summed E-state index contributed by atoms with van der Waals surface area (Å²) < 4.78 is 4.78. The Morgan fingerprint density at radius 3 is 2.04 bits per heavy atom. The van der Waals surface area contributed by atoms with Gasteiger partial charge in [0.05, 0.1) is 19.6 Å². The summed E-state index contributed by atoms with van der Waals surface area (Å²) in [6.45, 7) is 1.21. The number of nitrogens with one attached hydrogen (secondary N) is 1. The predicted molar refractivity (Wildman–Crippen MR) is 94.9 cm³/mol. The molecule has 1 N–H and O–H groups in total. The van der Waals surface area contributed by atoms with E-state index in [0.717, 1.165) is 37.0 Å². The van der Waals surface area contributed by atoms with Gasteiger partial charge < -0.3 is 15.0 Å². The number of carbonyl (C=O) groups excluding carboxylic acids is 3. The van der Waals surface area contributed by atoms with E-state index in [-0.39, 0.29) is 35.7 Å². The van der Waals surface area contributed by atoms with Crippen LogP contribution in [0.4, 0.5) is 0 Å². The highest BCUT2D eigenvalue weighted by atomic mass is 16.5. The van der Waals surface area contributed by atoms with Crippen LogP contribution in [0.2, 0.25) is 0 Å². The molecular weight excluding hydrogens is 332 g/mol. The maximum atomic E-state index is 12.9. The summed E-state index contributed by atoms with van der Waals surface area (Å²) >= 11 is 0. The second kappa shape index (κ2) is 6.86. The number of rotatable bonds is 4. The Kier molecular flexibility index (Phi) is 4.70. The Bertz CT molecular complexity index is 559. The summed E-state index contributed by atoms with van der Waals surface area (Å²) in [5, 5.41) is 2.96. The fourth-order valence-electron chi connectivity index (χ4n) is 6.38. The van der Waals surface area contributed by atoms with Gasteiger partial charge in [-0.05, 0) is 69.1 Å². The number of methoxy groups -OCH3 is 1. The molecule has 4 bridgehead atoms. The molecule has 0 unspecified atom stereocenters. The summed E-state index contributed by atoms with van der Waals surface area (Å²) in [5.41, 5.74) is -0.201. The molecule has 6 nitrogen and oxygen atoms in total. The average Bonchev–Trinajstić information content (AvgIpc) is 2.64. The van der Waals surface area contributed by atoms with Crippen molar-refractivity contribution in [2.45, 2.75) is 51.4 Å². The SMILES string of the molecule is COC(=O)C1CCN(C(=O)CNC(=O)C23CC4CC(CC(C4)C2)C3)CC1. The molecule has 1 heterocycles. The number of hydrogen-bond donors (Lipinski definition) is 1. The minimum atomic E-state index is -0.201. The molecule has 5 rings (SSSR count). The van der Waals surface area contributed by atoms with Crippen LogP contribution in [0.1, 0.15) is 51.4 Å². The van der Waals surface area contributed by atoms with Gasteiger partial charge in [-0.25, -0.2) is 0 Å². The minimum absolute atomic E-state index is 0.0357. The molecule has 26 heavy (non-hydrogen) atoms. The van der Waals surface area contributed by atoms with Crippen molar-refractivity contribution in [2.24, 2.45) is 29.1 Å². The third kappa shape index (κ3) is 3.23. The zero-order chi connectivity index (χ0) is 18.3. The molecule has 6 heteroatoms. The number of carbonyl (C=O) groups is 3. The van der Waals surface area contributed by atoms with E-state index in [0.29, 0.717) is 25.9 Å². The third-order valence-electron chi connectivity index (χ3n) is 7.30. The van der Waals surface area contributed by atoms with E-state index in [4.69, 9.17) is 4.74 Å². The van der Waals surface area contributed by atoms with Gasteiger partial charge in [0.2, 0.25) is 11.8 Å². The monoisotopic (exact) mass is 362 g/mol. The first kappa shape index (κ1) is 17.8. The van der Waals surface area contributed by atoms with E-state index in [2.05, 4.69) is 5.32 Å². The molecule has 0 atom stereocenters. The van der Waals surface area contributed by atoms with Crippen LogP contribution >= 0.6 is 0 Å². The first-order chi connectivity index (χ1) is 12.5. The lowest BCUT2D eigenvalue weighted by Gasteiger charge is -2.55. The zero-order valence-electron chi connectivity index (χ0n) is 15.7. The summed E-state index contributed by atoms with van der Waals surface area (Å²) in [6, 6.07) is 0. The van der Waals surface area contributed by atoms with Gasteiger partial charge in [-0.15, -0.1) is 0 Å². The van der Waals surface area contributed by atoms with Crippen LogP contribution in [0.15, 0.2) is 0 Å². The molecule has 0 radical (unpaired) electrons. The number of hydrogen-bond acceptors (Lipinski definition) is 4. The van der Waals surface area contributed by atoms with Gasteiger partial charge in [0.15, 0.2) is 0 Å². The molecule has 4 saturated carbocycles. The molecule has 4 aliphatic carbocycles. The first-order valence-electron chi connectivity index (χ1n) is 10.1. The molecule has 5 aliphatic rings. The molecule has 0 aromatic carbocycles. The second-order valence-corrected chi connectivity index (χ2v) is 9.06. The zero-order valence-corrected chi connectivity index (χ0v) is 15.7. The standard InChI is InChI=1S/C20H30N2O4/c1-26-18(24)16-2-4-22(5-3-16)17(23)12-21-19(25)20-9-13-6-14(10-20)8-15(7-13)11-20/h13-16H,2-12H2,1H3,(H,21,25). The van der Waals surface area contributed by atoms with Crippen LogP contribution in [-0.2, 0) is 19.1 Å². The number of likely N-dealkylation sites (tertiary alicyclic amines) is 1. The molecule has 2 amide bonds. The number of amides is 2. The maximum Gasteiger partial charge on any atom is 0.308 e. The van der Waals surface area contributed by atoms with Crippen LogP contribution in [0, 0.1) is 29.1 Å². The van der Waals surface area contributed by atoms with Gasteiger partial charge in [-0.2, -0.15) is 0 Å². The highest BCUT2D eigenvalue weighted by Gasteiger charge is 2.54. The molecule has 0 aromatic rings. The fourth-order valence-corrected chi connectivity index (χ4v) is 6.38. The van der Waals surface area contributed by atoms with Gasteiger partial charge in [0.1, 0.15) is 0 Å². The lowest BCUT2D eigenvalue weighted by Crippen LogP contribution is -2.55. The number of piperidine rings is 1. The lowest BCUT2D eigenvalue weighted by atomic mass is 9.49. The van der Waals surface area contributed by atoms with E-state index >= 15 is 0 Å². The van der Waals surface area contributed by atoms with Gasteiger partial charge in [0.25, 0.3) is 0 Å². The van der Waals surface area contributed by atoms with E-state index in [1.165, 1.54) is 26.4 Å². The van der Waals surface area contributed by atoms with E-state index in [1.54, 1.807) is 4.90 Å². The number of esters is 1. The molecule has 0 spiro atoms. The molecule has 1 aliphatic heterocycles. The van der Waals surface area contributed by atoms with Crippen molar-refractivity contribution in [1.82, 2.24) is 10.2 Å². The van der Waals surface area contributed by atoms with Crippen molar-refractivity contribution in [3.8, 4) is 0 Å². The smallest absolute Gasteiger partial charge is 0.308 e. The van der Waals surface area contributed by atoms with Crippen molar-refractivity contribution >= 4 is 17.8 Å². The van der Waals surface area contributed by atoms with Crippen LogP contribution in [-0.4, -0.2) is 49.4 Å². The first-order valence-corrected chi connectivity index (χ1v) is 10.1. The number of ether oxygens (including phenoxy) is 1. The minimum Gasteiger partial charge on any atom is -0.469 e. The maximum absolute atomic E-state index is 12.9. The van der Waals surface area contributed by atoms with Gasteiger partial charge in [-0.1, -0.05) is 0 Å². The molecular formula is C20H30N2O4. The summed E-state index contributed by atoms with van der Waals surface area (Å²) in [5.74, 6) is 1.94. The third-order valence-corrected chi connectivity index (χ3v) is 7.30. The quantitative estimate of drug-likeness (QED) is 0.773. The average molecular weight is 362 g/mol. The van der Waals surface area contributed by atoms with Gasteiger partial charge in [-0.3, -0.25) is 14.4 Å². The molecule has 5 fully saturated rings. The van der Waals surface area contributed by atoms with Gasteiger partial charge in [0, 0.05) is 18.5 Å². The van der Waals surface area contributed by atoms with Gasteiger partial charge >= 0.3 is 5.97 Å². The lowest BCUT2D eigenvalue weighted by molar-refractivity contribution is -0.149. The Balaban J connectivity index is 1.27. The van der Waals surface area contributed by atoms with Crippen molar-refractivity contribution < 1.29 is 19.1 Å². The second-order valence-electron chi connectivity index (χ2n) is 9.06. The fraction of sp³-hybridized carbons (Fsp3) is 0.850. The van der Waals surface area contributed by atoms with Crippen molar-refractivity contribution in [1.29, 1.82) is 0 Å². The van der Waals surface area contributed by atoms with Crippen LogP contribution in [0.5, 0.6) is 0 Å². The Hall–Kier alpha value is -1.59. The highest BCUT2D eigenvalue weighted by Crippen LogP contribution is 2.60.